The summed E-state index contributed by atoms with van der Waals surface area (Å²) in [5.74, 6) is 0.272. The minimum Gasteiger partial charge on any atom is -0.496 e. The topological polar surface area (TPSA) is 83.3 Å². The molecule has 0 unspecified atom stereocenters. The number of ether oxygens (including phenoxy) is 1. The number of nitrogens with two attached hydrogens (primary N) is 1. The van der Waals surface area contributed by atoms with Crippen molar-refractivity contribution in [3.05, 3.63) is 72.2 Å². The van der Waals surface area contributed by atoms with Crippen molar-refractivity contribution in [1.29, 1.82) is 0 Å². The van der Waals surface area contributed by atoms with E-state index in [4.69, 9.17) is 14.9 Å². The van der Waals surface area contributed by atoms with E-state index < -0.39 is 0 Å². The summed E-state index contributed by atoms with van der Waals surface area (Å²) in [6.07, 6.45) is 3.52. The number of rotatable bonds is 4. The lowest BCUT2D eigenvalue weighted by molar-refractivity contribution is 0.101. The van der Waals surface area contributed by atoms with Gasteiger partial charge in [-0.2, -0.15) is 5.10 Å². The molecule has 0 saturated heterocycles. The van der Waals surface area contributed by atoms with Gasteiger partial charge < -0.3 is 14.9 Å². The van der Waals surface area contributed by atoms with Gasteiger partial charge in [-0.25, -0.2) is 4.68 Å². The molecule has 0 aliphatic carbocycles. The summed E-state index contributed by atoms with van der Waals surface area (Å²) >= 11 is 0. The van der Waals surface area contributed by atoms with Crippen LogP contribution in [0.3, 0.4) is 0 Å². The van der Waals surface area contributed by atoms with Crippen LogP contribution in [0.2, 0.25) is 0 Å². The second-order valence-corrected chi connectivity index (χ2v) is 5.51. The van der Waals surface area contributed by atoms with Gasteiger partial charge in [0.05, 0.1) is 24.0 Å². The van der Waals surface area contributed by atoms with Gasteiger partial charge in [0.2, 0.25) is 5.78 Å². The molecule has 2 N–H and O–H groups in total. The van der Waals surface area contributed by atoms with E-state index in [1.54, 1.807) is 41.2 Å². The highest BCUT2D eigenvalue weighted by Crippen LogP contribution is 2.33. The van der Waals surface area contributed by atoms with Gasteiger partial charge in [-0.1, -0.05) is 12.1 Å². The number of carbonyl (C=O) groups excluding carboxylic acids is 1. The third-order valence-electron chi connectivity index (χ3n) is 4.04. The summed E-state index contributed by atoms with van der Waals surface area (Å²) in [4.78, 5) is 12.9. The third-order valence-corrected chi connectivity index (χ3v) is 4.04. The van der Waals surface area contributed by atoms with Crippen molar-refractivity contribution in [3.8, 4) is 11.4 Å². The number of hydrogen-bond acceptors (Lipinski definition) is 5. The van der Waals surface area contributed by atoms with Crippen LogP contribution in [0.15, 0.2) is 65.3 Å². The summed E-state index contributed by atoms with van der Waals surface area (Å²) in [6.45, 7) is 0. The smallest absolute Gasteiger partial charge is 0.234 e. The molecule has 0 amide bonds. The first-order valence-electron chi connectivity index (χ1n) is 7.69. The largest absolute Gasteiger partial charge is 0.496 e. The van der Waals surface area contributed by atoms with Gasteiger partial charge in [0, 0.05) is 23.8 Å². The van der Waals surface area contributed by atoms with Crippen LogP contribution in [0.4, 0.5) is 5.69 Å². The lowest BCUT2D eigenvalue weighted by Crippen LogP contribution is -2.05. The molecule has 4 aromatic rings. The Balaban J connectivity index is 1.82. The number of hydrogen-bond donors (Lipinski definition) is 1. The Labute approximate surface area is 143 Å². The zero-order valence-corrected chi connectivity index (χ0v) is 13.5. The molecule has 2 heterocycles. The number of para-hydroxylation sites is 1. The highest BCUT2D eigenvalue weighted by molar-refractivity contribution is 6.15. The minimum absolute atomic E-state index is 0.108. The average Bonchev–Trinajstić information content (AvgIpc) is 3.29. The van der Waals surface area contributed by atoms with Crippen LogP contribution < -0.4 is 10.5 Å². The molecule has 0 radical (unpaired) electrons. The van der Waals surface area contributed by atoms with E-state index in [9.17, 15) is 4.79 Å². The molecule has 0 aliphatic rings. The molecule has 6 heteroatoms. The molecule has 4 rings (SSSR count). The second kappa shape index (κ2) is 5.83. The van der Waals surface area contributed by atoms with Crippen molar-refractivity contribution in [1.82, 2.24) is 9.78 Å². The van der Waals surface area contributed by atoms with Gasteiger partial charge in [0.1, 0.15) is 11.3 Å². The lowest BCUT2D eigenvalue weighted by atomic mass is 10.1. The Morgan fingerprint density at radius 1 is 1.20 bits per heavy atom. The summed E-state index contributed by atoms with van der Waals surface area (Å²) in [5.41, 5.74) is 8.24. The maximum absolute atomic E-state index is 12.9. The van der Waals surface area contributed by atoms with Crippen LogP contribution in [-0.4, -0.2) is 22.7 Å². The molecular formula is C19H15N3O3. The summed E-state index contributed by atoms with van der Waals surface area (Å²) in [5, 5.41) is 4.88. The maximum Gasteiger partial charge on any atom is 0.234 e. The van der Waals surface area contributed by atoms with E-state index in [1.165, 1.54) is 7.11 Å². The molecule has 0 saturated carbocycles. The van der Waals surface area contributed by atoms with Crippen molar-refractivity contribution in [3.63, 3.8) is 0 Å². The number of anilines is 1. The molecular weight excluding hydrogens is 318 g/mol. The molecule has 0 spiro atoms. The third kappa shape index (κ3) is 2.44. The predicted octanol–water partition coefficient (Wildman–Crippen LogP) is 3.44. The van der Waals surface area contributed by atoms with Gasteiger partial charge >= 0.3 is 0 Å². The molecule has 0 atom stereocenters. The van der Waals surface area contributed by atoms with E-state index in [0.717, 1.165) is 5.69 Å². The van der Waals surface area contributed by atoms with E-state index in [2.05, 4.69) is 5.10 Å². The lowest BCUT2D eigenvalue weighted by Gasteiger charge is -2.05. The molecule has 2 aromatic carbocycles. The number of carbonyl (C=O) groups is 1. The zero-order valence-electron chi connectivity index (χ0n) is 13.5. The second-order valence-electron chi connectivity index (χ2n) is 5.51. The van der Waals surface area contributed by atoms with Gasteiger partial charge in [-0.3, -0.25) is 4.79 Å². The molecule has 6 nitrogen and oxygen atoms in total. The summed E-state index contributed by atoms with van der Waals surface area (Å²) in [7, 11) is 1.52. The van der Waals surface area contributed by atoms with Gasteiger partial charge in [-0.05, 0) is 30.3 Å². The van der Waals surface area contributed by atoms with Crippen LogP contribution in [0.25, 0.3) is 16.7 Å². The first-order chi connectivity index (χ1) is 12.2. The molecule has 0 fully saturated rings. The van der Waals surface area contributed by atoms with Gasteiger partial charge in [-0.15, -0.1) is 0 Å². The maximum atomic E-state index is 12.9. The fourth-order valence-electron chi connectivity index (χ4n) is 2.79. The van der Waals surface area contributed by atoms with Crippen molar-refractivity contribution in [2.24, 2.45) is 0 Å². The van der Waals surface area contributed by atoms with Crippen LogP contribution in [-0.2, 0) is 0 Å². The number of furan rings is 1. The van der Waals surface area contributed by atoms with Crippen molar-refractivity contribution in [2.45, 2.75) is 0 Å². The Morgan fingerprint density at radius 3 is 2.80 bits per heavy atom. The number of ketones is 1. The van der Waals surface area contributed by atoms with Gasteiger partial charge in [0.25, 0.3) is 0 Å². The van der Waals surface area contributed by atoms with E-state index in [0.29, 0.717) is 28.0 Å². The fraction of sp³-hybridized carbons (Fsp3) is 0.0526. The highest BCUT2D eigenvalue weighted by Gasteiger charge is 2.22. The van der Waals surface area contributed by atoms with Crippen LogP contribution in [0, 0.1) is 0 Å². The minimum atomic E-state index is -0.313. The predicted molar refractivity (Wildman–Crippen MR) is 94.2 cm³/mol. The standard InChI is InChI=1S/C19H15N3O3/c1-24-15-6-3-2-5-14(15)18(23)19-17(20)13-8-7-12(11-16(13)25-19)22-10-4-9-21-22/h2-11H,20H2,1H3. The molecule has 25 heavy (non-hydrogen) atoms. The van der Waals surface area contributed by atoms with Crippen molar-refractivity contribution < 1.29 is 13.9 Å². The number of methoxy groups -OCH3 is 1. The first kappa shape index (κ1) is 15.0. The Bertz CT molecular complexity index is 1060. The quantitative estimate of drug-likeness (QED) is 0.578. The van der Waals surface area contributed by atoms with E-state index in [-0.39, 0.29) is 11.5 Å². The van der Waals surface area contributed by atoms with E-state index in [1.807, 2.05) is 24.4 Å². The van der Waals surface area contributed by atoms with Crippen LogP contribution in [0.5, 0.6) is 5.75 Å². The summed E-state index contributed by atoms with van der Waals surface area (Å²) in [6, 6.07) is 14.3. The van der Waals surface area contributed by atoms with E-state index >= 15 is 0 Å². The normalized spacial score (nSPS) is 10.9. The average molecular weight is 333 g/mol. The number of nitrogen functional groups attached to an aromatic ring is 1. The number of nitrogens with zero attached hydrogens (tertiary/aromatic N) is 2. The number of benzene rings is 2. The highest BCUT2D eigenvalue weighted by atomic mass is 16.5. The van der Waals surface area contributed by atoms with Gasteiger partial charge in [0.15, 0.2) is 5.76 Å². The molecule has 2 aromatic heterocycles. The SMILES string of the molecule is COc1ccccc1C(=O)c1oc2cc(-n3cccn3)ccc2c1N. The zero-order chi connectivity index (χ0) is 17.4. The van der Waals surface area contributed by atoms with Crippen LogP contribution in [0.1, 0.15) is 16.1 Å². The Morgan fingerprint density at radius 2 is 2.04 bits per heavy atom. The Kier molecular flexibility index (Phi) is 3.50. The van der Waals surface area contributed by atoms with Crippen LogP contribution >= 0.6 is 0 Å². The molecule has 124 valence electrons. The van der Waals surface area contributed by atoms with Crippen molar-refractivity contribution >= 4 is 22.4 Å². The number of fused-ring (bicyclic) bond motifs is 1. The first-order valence-corrected chi connectivity index (χ1v) is 7.69. The summed E-state index contributed by atoms with van der Waals surface area (Å²) < 4.78 is 12.7. The Hall–Kier alpha value is -3.54. The molecule has 0 bridgehead atoms. The monoisotopic (exact) mass is 333 g/mol. The molecule has 0 aliphatic heterocycles. The fourth-order valence-corrected chi connectivity index (χ4v) is 2.79. The number of aromatic nitrogens is 2. The van der Waals surface area contributed by atoms with Crippen molar-refractivity contribution in [2.75, 3.05) is 12.8 Å².